The summed E-state index contributed by atoms with van der Waals surface area (Å²) < 4.78 is 10.9. The molecule has 0 heterocycles. The van der Waals surface area contributed by atoms with Gasteiger partial charge in [-0.15, -0.1) is 0 Å². The van der Waals surface area contributed by atoms with Crippen LogP contribution in [0.5, 0.6) is 0 Å². The average molecular weight is 292 g/mol. The smallest absolute Gasteiger partial charge is 0.169 e. The van der Waals surface area contributed by atoms with Crippen molar-refractivity contribution < 1.29 is 9.47 Å². The molecule has 0 fully saturated rings. The van der Waals surface area contributed by atoms with Crippen molar-refractivity contribution >= 4 is 23.2 Å². The predicted molar refractivity (Wildman–Crippen MR) is 75.2 cm³/mol. The molecule has 0 unspecified atom stereocenters. The minimum absolute atomic E-state index is 0.224. The lowest BCUT2D eigenvalue weighted by Gasteiger charge is -2.17. The van der Waals surface area contributed by atoms with Gasteiger partial charge in [0.15, 0.2) is 6.29 Å². The Balaban J connectivity index is 2.42. The molecule has 0 aromatic heterocycles. The lowest BCUT2D eigenvalue weighted by atomic mass is 10.2. The Hall–Kier alpha value is -0.320. The zero-order chi connectivity index (χ0) is 13.4. The first-order valence-corrected chi connectivity index (χ1v) is 6.81. The standard InChI is InChI=1S/C13H19Cl2NO2/c1-3-17-12(18-4-2)9-16-8-10-6-5-7-11(14)13(10)15/h5-7,12,16H,3-4,8-9H2,1-2H3. The summed E-state index contributed by atoms with van der Waals surface area (Å²) in [5.74, 6) is 0. The van der Waals surface area contributed by atoms with Crippen LogP contribution in [0.1, 0.15) is 19.4 Å². The number of halogens is 2. The maximum absolute atomic E-state index is 6.10. The van der Waals surface area contributed by atoms with Gasteiger partial charge in [0.2, 0.25) is 0 Å². The number of nitrogens with one attached hydrogen (secondary N) is 1. The highest BCUT2D eigenvalue weighted by atomic mass is 35.5. The van der Waals surface area contributed by atoms with Gasteiger partial charge in [-0.3, -0.25) is 0 Å². The largest absolute Gasteiger partial charge is 0.352 e. The van der Waals surface area contributed by atoms with E-state index < -0.39 is 0 Å². The van der Waals surface area contributed by atoms with Crippen LogP contribution in [0.3, 0.4) is 0 Å². The van der Waals surface area contributed by atoms with Crippen LogP contribution in [-0.2, 0) is 16.0 Å². The summed E-state index contributed by atoms with van der Waals surface area (Å²) >= 11 is 12.0. The Labute approximate surface area is 118 Å². The zero-order valence-electron chi connectivity index (χ0n) is 10.7. The second-order valence-corrected chi connectivity index (χ2v) is 4.47. The molecule has 3 nitrogen and oxygen atoms in total. The van der Waals surface area contributed by atoms with Crippen LogP contribution in [0.2, 0.25) is 10.0 Å². The van der Waals surface area contributed by atoms with Crippen molar-refractivity contribution in [2.45, 2.75) is 26.7 Å². The summed E-state index contributed by atoms with van der Waals surface area (Å²) in [5, 5.41) is 4.41. The van der Waals surface area contributed by atoms with Crippen LogP contribution >= 0.6 is 23.2 Å². The molecule has 102 valence electrons. The highest BCUT2D eigenvalue weighted by molar-refractivity contribution is 6.42. The van der Waals surface area contributed by atoms with Crippen molar-refractivity contribution in [1.82, 2.24) is 5.32 Å². The molecule has 0 atom stereocenters. The monoisotopic (exact) mass is 291 g/mol. The van der Waals surface area contributed by atoms with Crippen molar-refractivity contribution in [3.8, 4) is 0 Å². The van der Waals surface area contributed by atoms with Gasteiger partial charge in [0.25, 0.3) is 0 Å². The van der Waals surface area contributed by atoms with Crippen LogP contribution in [0, 0.1) is 0 Å². The quantitative estimate of drug-likeness (QED) is 0.744. The van der Waals surface area contributed by atoms with Crippen LogP contribution in [-0.4, -0.2) is 26.0 Å². The molecule has 0 radical (unpaired) electrons. The van der Waals surface area contributed by atoms with E-state index in [-0.39, 0.29) is 6.29 Å². The molecule has 18 heavy (non-hydrogen) atoms. The number of hydrogen-bond donors (Lipinski definition) is 1. The fraction of sp³-hybridized carbons (Fsp3) is 0.538. The normalized spacial score (nSPS) is 11.2. The molecule has 0 saturated heterocycles. The van der Waals surface area contributed by atoms with E-state index in [4.69, 9.17) is 32.7 Å². The number of benzene rings is 1. The van der Waals surface area contributed by atoms with Gasteiger partial charge in [-0.2, -0.15) is 0 Å². The molecular weight excluding hydrogens is 273 g/mol. The van der Waals surface area contributed by atoms with Gasteiger partial charge < -0.3 is 14.8 Å². The third kappa shape index (κ3) is 5.12. The molecular formula is C13H19Cl2NO2. The van der Waals surface area contributed by atoms with E-state index in [2.05, 4.69) is 5.32 Å². The highest BCUT2D eigenvalue weighted by Crippen LogP contribution is 2.25. The summed E-state index contributed by atoms with van der Waals surface area (Å²) in [6.45, 7) is 6.40. The molecule has 0 bridgehead atoms. The summed E-state index contributed by atoms with van der Waals surface area (Å²) in [7, 11) is 0. The van der Waals surface area contributed by atoms with E-state index in [1.54, 1.807) is 6.07 Å². The van der Waals surface area contributed by atoms with E-state index in [1.807, 2.05) is 26.0 Å². The molecule has 1 aromatic carbocycles. The summed E-state index contributed by atoms with van der Waals surface area (Å²) in [5.41, 5.74) is 0.968. The molecule has 0 spiro atoms. The van der Waals surface area contributed by atoms with Crippen molar-refractivity contribution in [3.05, 3.63) is 33.8 Å². The first-order chi connectivity index (χ1) is 8.69. The Kier molecular flexibility index (Phi) is 7.63. The minimum Gasteiger partial charge on any atom is -0.352 e. The number of ether oxygens (including phenoxy) is 2. The number of hydrogen-bond acceptors (Lipinski definition) is 3. The predicted octanol–water partition coefficient (Wildman–Crippen LogP) is 3.48. The van der Waals surface area contributed by atoms with Crippen molar-refractivity contribution in [3.63, 3.8) is 0 Å². The number of rotatable bonds is 8. The second-order valence-electron chi connectivity index (χ2n) is 3.68. The molecule has 0 aliphatic carbocycles. The molecule has 1 N–H and O–H groups in total. The van der Waals surface area contributed by atoms with Crippen molar-refractivity contribution in [1.29, 1.82) is 0 Å². The average Bonchev–Trinajstić information content (AvgIpc) is 2.35. The van der Waals surface area contributed by atoms with E-state index in [0.717, 1.165) is 5.56 Å². The lowest BCUT2D eigenvalue weighted by molar-refractivity contribution is -0.133. The van der Waals surface area contributed by atoms with Crippen LogP contribution in [0.15, 0.2) is 18.2 Å². The molecule has 0 amide bonds. The van der Waals surface area contributed by atoms with Gasteiger partial charge in [0.1, 0.15) is 0 Å². The maximum atomic E-state index is 6.10. The lowest BCUT2D eigenvalue weighted by Crippen LogP contribution is -2.31. The van der Waals surface area contributed by atoms with E-state index >= 15 is 0 Å². The Bertz CT molecular complexity index is 355. The molecule has 0 aliphatic rings. The molecule has 5 heteroatoms. The fourth-order valence-corrected chi connectivity index (χ4v) is 1.93. The molecule has 0 saturated carbocycles. The first kappa shape index (κ1) is 15.7. The minimum atomic E-state index is -0.224. The maximum Gasteiger partial charge on any atom is 0.169 e. The zero-order valence-corrected chi connectivity index (χ0v) is 12.2. The summed E-state index contributed by atoms with van der Waals surface area (Å²) in [6, 6.07) is 5.60. The molecule has 1 aromatic rings. The topological polar surface area (TPSA) is 30.5 Å². The third-order valence-electron chi connectivity index (χ3n) is 2.36. The molecule has 1 rings (SSSR count). The van der Waals surface area contributed by atoms with Crippen molar-refractivity contribution in [2.24, 2.45) is 0 Å². The summed E-state index contributed by atoms with van der Waals surface area (Å²) in [4.78, 5) is 0. The SMILES string of the molecule is CCOC(CNCc1cccc(Cl)c1Cl)OCC. The van der Waals surface area contributed by atoms with E-state index in [0.29, 0.717) is 36.3 Å². The van der Waals surface area contributed by atoms with Crippen LogP contribution in [0.4, 0.5) is 0 Å². The first-order valence-electron chi connectivity index (χ1n) is 6.05. The second kappa shape index (κ2) is 8.73. The van der Waals surface area contributed by atoms with Crippen LogP contribution < -0.4 is 5.32 Å². The van der Waals surface area contributed by atoms with Gasteiger partial charge in [0.05, 0.1) is 10.0 Å². The Morgan fingerprint density at radius 2 is 1.83 bits per heavy atom. The summed E-state index contributed by atoms with van der Waals surface area (Å²) in [6.07, 6.45) is -0.224. The van der Waals surface area contributed by atoms with Gasteiger partial charge in [-0.25, -0.2) is 0 Å². The van der Waals surface area contributed by atoms with Gasteiger partial charge in [-0.1, -0.05) is 35.3 Å². The Morgan fingerprint density at radius 1 is 1.17 bits per heavy atom. The molecule has 0 aliphatic heterocycles. The Morgan fingerprint density at radius 3 is 2.44 bits per heavy atom. The fourth-order valence-electron chi connectivity index (χ4n) is 1.55. The van der Waals surface area contributed by atoms with Crippen LogP contribution in [0.25, 0.3) is 0 Å². The third-order valence-corrected chi connectivity index (χ3v) is 3.22. The van der Waals surface area contributed by atoms with E-state index in [1.165, 1.54) is 0 Å². The van der Waals surface area contributed by atoms with E-state index in [9.17, 15) is 0 Å². The van der Waals surface area contributed by atoms with Gasteiger partial charge >= 0.3 is 0 Å². The van der Waals surface area contributed by atoms with Gasteiger partial charge in [0, 0.05) is 26.3 Å². The van der Waals surface area contributed by atoms with Crippen molar-refractivity contribution in [2.75, 3.05) is 19.8 Å². The highest BCUT2D eigenvalue weighted by Gasteiger charge is 2.08. The van der Waals surface area contributed by atoms with Gasteiger partial charge in [-0.05, 0) is 25.5 Å².